The van der Waals surface area contributed by atoms with E-state index in [0.717, 1.165) is 11.1 Å². The highest BCUT2D eigenvalue weighted by Gasteiger charge is 2.51. The van der Waals surface area contributed by atoms with Gasteiger partial charge in [-0.05, 0) is 29.5 Å². The SMILES string of the molecule is COc1cc([N+](=O)[O-])cc2c1N[C@H](c1ccccc1)[C@@H]1C[C@H](Sc3ccccc3[N+](=O)[O-])[C@@H](Cl)[C@@H]21. The van der Waals surface area contributed by atoms with Gasteiger partial charge in [-0.2, -0.15) is 0 Å². The molecule has 1 N–H and O–H groups in total. The largest absolute Gasteiger partial charge is 0.494 e. The number of nitro benzene ring substituents is 2. The van der Waals surface area contributed by atoms with Crippen molar-refractivity contribution in [3.8, 4) is 5.75 Å². The van der Waals surface area contributed by atoms with Crippen molar-refractivity contribution in [1.82, 2.24) is 0 Å². The maximum Gasteiger partial charge on any atom is 0.282 e. The molecule has 5 atom stereocenters. The molecule has 0 unspecified atom stereocenters. The van der Waals surface area contributed by atoms with E-state index in [-0.39, 0.29) is 39.4 Å². The van der Waals surface area contributed by atoms with Crippen LogP contribution in [0.2, 0.25) is 0 Å². The average Bonchev–Trinajstić information content (AvgIpc) is 3.19. The van der Waals surface area contributed by atoms with Gasteiger partial charge in [0.1, 0.15) is 5.75 Å². The van der Waals surface area contributed by atoms with Crippen LogP contribution in [0.25, 0.3) is 0 Å². The number of methoxy groups -OCH3 is 1. The van der Waals surface area contributed by atoms with Gasteiger partial charge in [-0.15, -0.1) is 23.4 Å². The highest BCUT2D eigenvalue weighted by atomic mass is 35.5. The second-order valence-corrected chi connectivity index (χ2v) is 10.4. The van der Waals surface area contributed by atoms with Crippen molar-refractivity contribution in [1.29, 1.82) is 0 Å². The Bertz CT molecular complexity index is 1290. The van der Waals surface area contributed by atoms with Gasteiger partial charge in [0, 0.05) is 23.3 Å². The second kappa shape index (κ2) is 9.39. The third-order valence-corrected chi connectivity index (χ3v) is 8.91. The molecule has 1 fully saturated rings. The number of hydrogen-bond acceptors (Lipinski definition) is 7. The summed E-state index contributed by atoms with van der Waals surface area (Å²) in [5.41, 5.74) is 2.52. The van der Waals surface area contributed by atoms with Crippen molar-refractivity contribution >= 4 is 40.4 Å². The minimum Gasteiger partial charge on any atom is -0.494 e. The molecule has 0 aromatic heterocycles. The molecule has 0 saturated heterocycles. The number of nitrogens with zero attached hydrogens (tertiary/aromatic N) is 2. The molecule has 1 saturated carbocycles. The lowest BCUT2D eigenvalue weighted by atomic mass is 9.77. The van der Waals surface area contributed by atoms with E-state index >= 15 is 0 Å². The molecule has 0 spiro atoms. The molecular weight excluding hydrogens is 490 g/mol. The molecule has 1 aliphatic heterocycles. The summed E-state index contributed by atoms with van der Waals surface area (Å²) in [6.45, 7) is 0. The summed E-state index contributed by atoms with van der Waals surface area (Å²) in [7, 11) is 1.49. The number of anilines is 1. The number of alkyl halides is 1. The summed E-state index contributed by atoms with van der Waals surface area (Å²) in [5, 5.41) is 26.3. The molecule has 0 bridgehead atoms. The lowest BCUT2D eigenvalue weighted by Crippen LogP contribution is -2.31. The number of nitrogens with one attached hydrogen (secondary N) is 1. The molecule has 35 heavy (non-hydrogen) atoms. The van der Waals surface area contributed by atoms with Crippen molar-refractivity contribution in [3.63, 3.8) is 0 Å². The first kappa shape index (κ1) is 23.4. The van der Waals surface area contributed by atoms with Crippen molar-refractivity contribution < 1.29 is 14.6 Å². The monoisotopic (exact) mass is 511 g/mol. The predicted molar refractivity (Wildman–Crippen MR) is 136 cm³/mol. The van der Waals surface area contributed by atoms with E-state index in [4.69, 9.17) is 16.3 Å². The Morgan fingerprint density at radius 1 is 1.03 bits per heavy atom. The van der Waals surface area contributed by atoms with Crippen LogP contribution in [0.3, 0.4) is 0 Å². The quantitative estimate of drug-likeness (QED) is 0.227. The van der Waals surface area contributed by atoms with Crippen molar-refractivity contribution in [2.45, 2.75) is 33.9 Å². The standard InChI is InChI=1S/C25H22ClN3O5S/c1-34-19-12-15(28(30)31)11-16-22-17(24(27-25(16)19)14-7-3-2-4-8-14)13-21(23(22)26)35-20-10-6-5-9-18(20)29(32)33/h2-12,17,21-24,27H,13H2,1H3/t17-,21+,22+,23-,24-/m1/s1. The molecule has 2 aliphatic rings. The van der Waals surface area contributed by atoms with Gasteiger partial charge in [0.25, 0.3) is 11.4 Å². The first-order chi connectivity index (χ1) is 16.9. The number of hydrogen-bond donors (Lipinski definition) is 1. The van der Waals surface area contributed by atoms with E-state index in [9.17, 15) is 20.2 Å². The van der Waals surface area contributed by atoms with Crippen molar-refractivity contribution in [2.24, 2.45) is 5.92 Å². The zero-order valence-electron chi connectivity index (χ0n) is 18.7. The van der Waals surface area contributed by atoms with Crippen LogP contribution in [0.1, 0.15) is 29.5 Å². The number of ether oxygens (including phenoxy) is 1. The van der Waals surface area contributed by atoms with Crippen LogP contribution < -0.4 is 10.1 Å². The lowest BCUT2D eigenvalue weighted by Gasteiger charge is -2.38. The minimum atomic E-state index is -0.432. The molecule has 0 amide bonds. The second-order valence-electron chi connectivity index (χ2n) is 8.65. The van der Waals surface area contributed by atoms with Gasteiger partial charge >= 0.3 is 0 Å². The summed E-state index contributed by atoms with van der Waals surface area (Å²) >= 11 is 8.52. The zero-order chi connectivity index (χ0) is 24.7. The Hall–Kier alpha value is -3.30. The number of non-ortho nitro benzene ring substituents is 1. The Labute approximate surface area is 210 Å². The Kier molecular flexibility index (Phi) is 6.29. The highest BCUT2D eigenvalue weighted by Crippen LogP contribution is 2.59. The summed E-state index contributed by atoms with van der Waals surface area (Å²) in [5.74, 6) is 0.221. The van der Waals surface area contributed by atoms with Crippen LogP contribution in [0.15, 0.2) is 71.6 Å². The maximum atomic E-state index is 11.6. The van der Waals surface area contributed by atoms with Gasteiger partial charge < -0.3 is 10.1 Å². The van der Waals surface area contributed by atoms with Gasteiger partial charge in [0.05, 0.1) is 45.0 Å². The van der Waals surface area contributed by atoms with E-state index in [1.165, 1.54) is 31.0 Å². The first-order valence-corrected chi connectivity index (χ1v) is 12.4. The lowest BCUT2D eigenvalue weighted by molar-refractivity contribution is -0.387. The van der Waals surface area contributed by atoms with Gasteiger partial charge in [-0.25, -0.2) is 0 Å². The third-order valence-electron chi connectivity index (χ3n) is 6.80. The van der Waals surface area contributed by atoms with Crippen LogP contribution >= 0.6 is 23.4 Å². The summed E-state index contributed by atoms with van der Waals surface area (Å²) in [6, 6.07) is 19.5. The summed E-state index contributed by atoms with van der Waals surface area (Å²) < 4.78 is 5.55. The molecular formula is C25H22ClN3O5S. The Morgan fingerprint density at radius 2 is 1.74 bits per heavy atom. The average molecular weight is 512 g/mol. The smallest absolute Gasteiger partial charge is 0.282 e. The number of fused-ring (bicyclic) bond motifs is 3. The fourth-order valence-corrected chi connectivity index (χ4v) is 7.24. The zero-order valence-corrected chi connectivity index (χ0v) is 20.2. The third kappa shape index (κ3) is 4.19. The van der Waals surface area contributed by atoms with Gasteiger partial charge in [-0.1, -0.05) is 42.5 Å². The molecule has 5 rings (SSSR count). The molecule has 180 valence electrons. The number of halogens is 1. The number of thioether (sulfide) groups is 1. The number of rotatable bonds is 6. The van der Waals surface area contributed by atoms with Gasteiger partial charge in [-0.3, -0.25) is 20.2 Å². The Balaban J connectivity index is 1.60. The van der Waals surface area contributed by atoms with Crippen LogP contribution in [0.5, 0.6) is 5.75 Å². The topological polar surface area (TPSA) is 108 Å². The number of benzene rings is 3. The van der Waals surface area contributed by atoms with Crippen LogP contribution in [0.4, 0.5) is 17.1 Å². The molecule has 0 radical (unpaired) electrons. The molecule has 8 nitrogen and oxygen atoms in total. The van der Waals surface area contributed by atoms with E-state index < -0.39 is 10.3 Å². The molecule has 10 heteroatoms. The van der Waals surface area contributed by atoms with Crippen molar-refractivity contribution in [3.05, 3.63) is 98.1 Å². The molecule has 3 aromatic rings. The fourth-order valence-electron chi connectivity index (χ4n) is 5.30. The normalized spacial score (nSPS) is 24.7. The summed E-state index contributed by atoms with van der Waals surface area (Å²) in [4.78, 5) is 23.0. The van der Waals surface area contributed by atoms with Crippen LogP contribution in [0, 0.1) is 26.1 Å². The molecule has 1 aliphatic carbocycles. The van der Waals surface area contributed by atoms with E-state index in [1.54, 1.807) is 24.3 Å². The highest BCUT2D eigenvalue weighted by molar-refractivity contribution is 8.00. The van der Waals surface area contributed by atoms with E-state index in [1.807, 2.05) is 30.3 Å². The van der Waals surface area contributed by atoms with Crippen molar-refractivity contribution in [2.75, 3.05) is 12.4 Å². The van der Waals surface area contributed by atoms with Crippen LogP contribution in [-0.2, 0) is 0 Å². The Morgan fingerprint density at radius 3 is 2.43 bits per heavy atom. The molecule has 3 aromatic carbocycles. The van der Waals surface area contributed by atoms with E-state index in [0.29, 0.717) is 22.8 Å². The number of para-hydroxylation sites is 1. The minimum absolute atomic E-state index is 0.0272. The first-order valence-electron chi connectivity index (χ1n) is 11.1. The predicted octanol–water partition coefficient (Wildman–Crippen LogP) is 6.55. The number of nitro groups is 2. The maximum absolute atomic E-state index is 11.6. The fraction of sp³-hybridized carbons (Fsp3) is 0.280. The molecule has 1 heterocycles. The van der Waals surface area contributed by atoms with Gasteiger partial charge in [0.2, 0.25) is 0 Å². The summed E-state index contributed by atoms with van der Waals surface area (Å²) in [6.07, 6.45) is 0.687. The van der Waals surface area contributed by atoms with E-state index in [2.05, 4.69) is 5.32 Å². The van der Waals surface area contributed by atoms with Gasteiger partial charge in [0.15, 0.2) is 0 Å². The van der Waals surface area contributed by atoms with Crippen LogP contribution in [-0.4, -0.2) is 27.6 Å².